The van der Waals surface area contributed by atoms with E-state index in [0.717, 1.165) is 19.3 Å². The fourth-order valence-electron chi connectivity index (χ4n) is 5.26. The maximum atomic E-state index is 11.0. The van der Waals surface area contributed by atoms with E-state index in [1.54, 1.807) is 0 Å². The van der Waals surface area contributed by atoms with Gasteiger partial charge in [-0.1, -0.05) is 24.3 Å². The van der Waals surface area contributed by atoms with E-state index in [1.165, 1.54) is 24.0 Å². The molecule has 2 heteroatoms. The molecule has 19 heavy (non-hydrogen) atoms. The Morgan fingerprint density at radius 1 is 1.00 bits per heavy atom. The minimum atomic E-state index is -0.435. The van der Waals surface area contributed by atoms with E-state index >= 15 is 0 Å². The molecule has 2 saturated carbocycles. The van der Waals surface area contributed by atoms with Crippen molar-refractivity contribution >= 4 is 0 Å². The normalized spacial score (nSPS) is 43.4. The Morgan fingerprint density at radius 3 is 2.00 bits per heavy atom. The van der Waals surface area contributed by atoms with Gasteiger partial charge in [-0.15, -0.1) is 0 Å². The highest BCUT2D eigenvalue weighted by Gasteiger charge is 2.57. The summed E-state index contributed by atoms with van der Waals surface area (Å²) in [4.78, 5) is 2.39. The van der Waals surface area contributed by atoms with E-state index in [9.17, 15) is 5.11 Å². The van der Waals surface area contributed by atoms with Gasteiger partial charge in [-0.3, -0.25) is 0 Å². The first-order chi connectivity index (χ1) is 9.01. The van der Waals surface area contributed by atoms with Crippen molar-refractivity contribution in [2.24, 2.45) is 0 Å². The van der Waals surface area contributed by atoms with Crippen LogP contribution in [0.1, 0.15) is 55.1 Å². The van der Waals surface area contributed by atoms with Crippen molar-refractivity contribution in [2.45, 2.75) is 55.1 Å². The van der Waals surface area contributed by atoms with Crippen molar-refractivity contribution in [3.05, 3.63) is 35.4 Å². The van der Waals surface area contributed by atoms with Gasteiger partial charge in [0.25, 0.3) is 0 Å². The molecule has 2 nitrogen and oxygen atoms in total. The smallest absolute Gasteiger partial charge is 0.0677 e. The Morgan fingerprint density at radius 2 is 1.53 bits per heavy atom. The Bertz CT molecular complexity index is 487. The van der Waals surface area contributed by atoms with Crippen LogP contribution in [0, 0.1) is 0 Å². The average Bonchev–Trinajstić information content (AvgIpc) is 2.50. The van der Waals surface area contributed by atoms with Crippen molar-refractivity contribution in [1.82, 2.24) is 4.90 Å². The van der Waals surface area contributed by atoms with Crippen LogP contribution in [0.2, 0.25) is 0 Å². The van der Waals surface area contributed by atoms with Crippen LogP contribution in [-0.2, 0) is 0 Å². The molecule has 2 fully saturated rings. The molecule has 2 atom stereocenters. The van der Waals surface area contributed by atoms with Crippen LogP contribution in [0.5, 0.6) is 0 Å². The van der Waals surface area contributed by atoms with Gasteiger partial charge in [0.05, 0.1) is 5.60 Å². The zero-order chi connectivity index (χ0) is 13.3. The molecule has 0 aromatic heterocycles. The van der Waals surface area contributed by atoms with Crippen LogP contribution in [0.25, 0.3) is 0 Å². The zero-order valence-corrected chi connectivity index (χ0v) is 11.9. The number of aliphatic hydroxyl groups is 1. The lowest BCUT2D eigenvalue weighted by molar-refractivity contribution is -0.104. The number of nitrogens with zero attached hydrogens (tertiary/aromatic N) is 1. The molecular weight excluding hydrogens is 234 g/mol. The third-order valence-electron chi connectivity index (χ3n) is 5.99. The second-order valence-corrected chi connectivity index (χ2v) is 7.36. The Balaban J connectivity index is 1.90. The Kier molecular flexibility index (Phi) is 2.27. The lowest BCUT2D eigenvalue weighted by atomic mass is 9.59. The molecule has 2 unspecified atom stereocenters. The molecule has 4 bridgehead atoms. The van der Waals surface area contributed by atoms with Crippen LogP contribution < -0.4 is 0 Å². The average molecular weight is 257 g/mol. The van der Waals surface area contributed by atoms with E-state index in [4.69, 9.17) is 0 Å². The molecule has 0 aliphatic heterocycles. The van der Waals surface area contributed by atoms with Gasteiger partial charge in [0.2, 0.25) is 0 Å². The first-order valence-electron chi connectivity index (χ1n) is 7.50. The molecular formula is C17H23NO. The van der Waals surface area contributed by atoms with Gasteiger partial charge in [0.15, 0.2) is 0 Å². The summed E-state index contributed by atoms with van der Waals surface area (Å²) >= 11 is 0. The summed E-state index contributed by atoms with van der Waals surface area (Å²) in [6.07, 6.45) is 5.34. The second kappa shape index (κ2) is 3.62. The number of benzene rings is 1. The summed E-state index contributed by atoms with van der Waals surface area (Å²) < 4.78 is 0. The Hall–Kier alpha value is -0.860. The molecule has 1 aromatic rings. The van der Waals surface area contributed by atoms with Crippen molar-refractivity contribution in [2.75, 3.05) is 14.1 Å². The molecule has 102 valence electrons. The number of hydrogen-bond donors (Lipinski definition) is 1. The summed E-state index contributed by atoms with van der Waals surface area (Å²) in [6.45, 7) is 0. The number of hydrogen-bond acceptors (Lipinski definition) is 2. The lowest BCUT2D eigenvalue weighted by Gasteiger charge is -2.55. The molecule has 0 radical (unpaired) electrons. The summed E-state index contributed by atoms with van der Waals surface area (Å²) in [7, 11) is 4.39. The maximum absolute atomic E-state index is 11.0. The van der Waals surface area contributed by atoms with Gasteiger partial charge in [-0.05, 0) is 69.2 Å². The Labute approximate surface area is 115 Å². The number of rotatable bonds is 1. The predicted molar refractivity (Wildman–Crippen MR) is 76.4 cm³/mol. The predicted octanol–water partition coefficient (Wildman–Crippen LogP) is 2.88. The molecule has 4 aliphatic carbocycles. The molecule has 4 aliphatic rings. The first-order valence-corrected chi connectivity index (χ1v) is 7.50. The standard InChI is InChI=1S/C17H23NO/c1-18(2)16-7-12-9-17(19,11-16)10-13(8-16)15-6-4-3-5-14(12)15/h3-6,12-13,19H,7-11H2,1-2H3. The quantitative estimate of drug-likeness (QED) is 0.836. The molecule has 0 spiro atoms. The van der Waals surface area contributed by atoms with Gasteiger partial charge < -0.3 is 10.0 Å². The van der Waals surface area contributed by atoms with Crippen LogP contribution in [0.15, 0.2) is 24.3 Å². The zero-order valence-electron chi connectivity index (χ0n) is 11.9. The van der Waals surface area contributed by atoms with Crippen molar-refractivity contribution in [3.8, 4) is 0 Å². The van der Waals surface area contributed by atoms with Crippen LogP contribution in [-0.4, -0.2) is 35.2 Å². The minimum absolute atomic E-state index is 0.208. The van der Waals surface area contributed by atoms with E-state index in [1.807, 2.05) is 0 Å². The van der Waals surface area contributed by atoms with Crippen LogP contribution in [0.4, 0.5) is 0 Å². The first kappa shape index (κ1) is 11.9. The fraction of sp³-hybridized carbons (Fsp3) is 0.647. The molecule has 0 amide bonds. The monoisotopic (exact) mass is 257 g/mol. The van der Waals surface area contributed by atoms with E-state index < -0.39 is 5.60 Å². The highest BCUT2D eigenvalue weighted by Crippen LogP contribution is 2.60. The lowest BCUT2D eigenvalue weighted by Crippen LogP contribution is -2.58. The minimum Gasteiger partial charge on any atom is -0.390 e. The third kappa shape index (κ3) is 1.56. The summed E-state index contributed by atoms with van der Waals surface area (Å²) in [5.41, 5.74) is 2.81. The molecule has 1 aromatic carbocycles. The van der Waals surface area contributed by atoms with Crippen LogP contribution >= 0.6 is 0 Å². The van der Waals surface area contributed by atoms with Crippen LogP contribution in [0.3, 0.4) is 0 Å². The van der Waals surface area contributed by atoms with E-state index in [2.05, 4.69) is 43.3 Å². The van der Waals surface area contributed by atoms with Gasteiger partial charge in [-0.25, -0.2) is 0 Å². The van der Waals surface area contributed by atoms with E-state index in [-0.39, 0.29) is 5.54 Å². The second-order valence-electron chi connectivity index (χ2n) is 7.36. The molecule has 0 heterocycles. The maximum Gasteiger partial charge on any atom is 0.0677 e. The molecule has 0 saturated heterocycles. The summed E-state index contributed by atoms with van der Waals surface area (Å²) in [5.74, 6) is 1.09. The van der Waals surface area contributed by atoms with Gasteiger partial charge in [0, 0.05) is 5.54 Å². The van der Waals surface area contributed by atoms with Crippen molar-refractivity contribution < 1.29 is 5.11 Å². The summed E-state index contributed by atoms with van der Waals surface area (Å²) in [6, 6.07) is 8.93. The third-order valence-corrected chi connectivity index (χ3v) is 5.99. The van der Waals surface area contributed by atoms with Gasteiger partial charge in [0.1, 0.15) is 0 Å². The highest BCUT2D eigenvalue weighted by atomic mass is 16.3. The highest BCUT2D eigenvalue weighted by molar-refractivity contribution is 5.40. The fourth-order valence-corrected chi connectivity index (χ4v) is 5.26. The van der Waals surface area contributed by atoms with Gasteiger partial charge in [-0.2, -0.15) is 0 Å². The van der Waals surface area contributed by atoms with Crippen molar-refractivity contribution in [1.29, 1.82) is 0 Å². The molecule has 1 N–H and O–H groups in total. The van der Waals surface area contributed by atoms with E-state index in [0.29, 0.717) is 11.8 Å². The summed E-state index contributed by atoms with van der Waals surface area (Å²) in [5, 5.41) is 11.0. The van der Waals surface area contributed by atoms with Gasteiger partial charge >= 0.3 is 0 Å². The topological polar surface area (TPSA) is 23.5 Å². The largest absolute Gasteiger partial charge is 0.390 e. The SMILES string of the molecule is CN(C)C12CC3CC(O)(CC(C1)c1ccccc13)C2. The van der Waals surface area contributed by atoms with Crippen molar-refractivity contribution in [3.63, 3.8) is 0 Å². The molecule has 5 rings (SSSR count).